The maximum absolute atomic E-state index is 12.1. The van der Waals surface area contributed by atoms with Gasteiger partial charge in [-0.25, -0.2) is 4.79 Å². The molecule has 2 aromatic carbocycles. The van der Waals surface area contributed by atoms with Crippen molar-refractivity contribution in [1.82, 2.24) is 5.32 Å². The van der Waals surface area contributed by atoms with Crippen LogP contribution in [0.15, 0.2) is 58.8 Å². The molecule has 0 bridgehead atoms. The highest BCUT2D eigenvalue weighted by Gasteiger charge is 2.36. The van der Waals surface area contributed by atoms with Crippen molar-refractivity contribution < 1.29 is 18.8 Å². The molecule has 0 aliphatic carbocycles. The Labute approximate surface area is 228 Å². The molecular weight excluding hydrogens is 496 g/mol. The zero-order valence-corrected chi connectivity index (χ0v) is 25.2. The molecule has 0 aromatic heterocycles. The molecule has 0 unspecified atom stereocenters. The predicted octanol–water partition coefficient (Wildman–Crippen LogP) is 7.91. The number of hydrogen-bond acceptors (Lipinski definition) is 6. The zero-order chi connectivity index (χ0) is 28.4. The van der Waals surface area contributed by atoms with Gasteiger partial charge in [0.05, 0.1) is 11.4 Å². The second-order valence-corrected chi connectivity index (χ2v) is 16.7. The number of hydrogen-bond donors (Lipinski definition) is 2. The number of alkyl carbamates (subject to hydrolysis) is 1. The first-order chi connectivity index (χ1) is 17.6. The van der Waals surface area contributed by atoms with E-state index in [0.29, 0.717) is 11.4 Å². The van der Waals surface area contributed by atoms with Crippen LogP contribution in [0.5, 0.6) is 0 Å². The number of unbranched alkanes of at least 4 members (excludes halogenated alkanes) is 1. The molecule has 2 N–H and O–H groups in total. The first kappa shape index (κ1) is 31.2. The molecule has 2 rings (SSSR count). The van der Waals surface area contributed by atoms with Gasteiger partial charge in [0.2, 0.25) is 5.91 Å². The van der Waals surface area contributed by atoms with Crippen LogP contribution in [-0.2, 0) is 20.4 Å². The van der Waals surface area contributed by atoms with Gasteiger partial charge in [0.25, 0.3) is 0 Å². The number of carbonyl (C=O) groups excluding carboxylic acids is 2. The summed E-state index contributed by atoms with van der Waals surface area (Å²) in [4.78, 5) is 23.7. The standard InChI is InChI=1S/C29H44N4O4Si/c1-28(2,3)37-27(35)30-21-26(34)31-23-16-18-25(19-17-23)33-32-24-14-12-22(13-15-24)11-9-10-20-36-38(7,8)29(4,5)6/h12-19H,9-11,20-21H2,1-8H3,(H,30,35)(H,31,34). The van der Waals surface area contributed by atoms with Gasteiger partial charge in [-0.3, -0.25) is 4.79 Å². The third kappa shape index (κ3) is 11.6. The average Bonchev–Trinajstić information content (AvgIpc) is 2.81. The first-order valence-electron chi connectivity index (χ1n) is 13.2. The number of aryl methyl sites for hydroxylation is 1. The van der Waals surface area contributed by atoms with E-state index >= 15 is 0 Å². The van der Waals surface area contributed by atoms with Crippen LogP contribution in [0.2, 0.25) is 18.1 Å². The molecule has 0 spiro atoms. The highest BCUT2D eigenvalue weighted by molar-refractivity contribution is 6.74. The lowest BCUT2D eigenvalue weighted by Crippen LogP contribution is -2.40. The third-order valence-electron chi connectivity index (χ3n) is 6.29. The molecular formula is C29H44N4O4Si. The van der Waals surface area contributed by atoms with E-state index in [9.17, 15) is 9.59 Å². The maximum atomic E-state index is 12.1. The van der Waals surface area contributed by atoms with Gasteiger partial charge in [-0.1, -0.05) is 32.9 Å². The van der Waals surface area contributed by atoms with Gasteiger partial charge in [0.1, 0.15) is 12.1 Å². The molecule has 0 saturated heterocycles. The van der Waals surface area contributed by atoms with Gasteiger partial charge in [-0.2, -0.15) is 10.2 Å². The van der Waals surface area contributed by atoms with E-state index in [1.54, 1.807) is 45.0 Å². The lowest BCUT2D eigenvalue weighted by Gasteiger charge is -2.36. The zero-order valence-electron chi connectivity index (χ0n) is 24.2. The van der Waals surface area contributed by atoms with E-state index in [0.717, 1.165) is 31.6 Å². The Hall–Kier alpha value is -3.04. The quantitative estimate of drug-likeness (QED) is 0.172. The maximum Gasteiger partial charge on any atom is 0.408 e. The Morgan fingerprint density at radius 3 is 1.92 bits per heavy atom. The van der Waals surface area contributed by atoms with Gasteiger partial charge in [0.15, 0.2) is 8.32 Å². The van der Waals surface area contributed by atoms with Crippen molar-refractivity contribution in [3.05, 3.63) is 54.1 Å². The van der Waals surface area contributed by atoms with Crippen LogP contribution in [0.25, 0.3) is 0 Å². The predicted molar refractivity (Wildman–Crippen MR) is 156 cm³/mol. The Kier molecular flexibility index (Phi) is 11.2. The number of carbonyl (C=O) groups is 2. The Morgan fingerprint density at radius 1 is 0.842 bits per heavy atom. The second kappa shape index (κ2) is 13.7. The normalized spacial score (nSPS) is 12.4. The second-order valence-electron chi connectivity index (χ2n) is 11.9. The van der Waals surface area contributed by atoms with Crippen molar-refractivity contribution in [2.45, 2.75) is 84.5 Å². The van der Waals surface area contributed by atoms with Crippen molar-refractivity contribution in [1.29, 1.82) is 0 Å². The minimum absolute atomic E-state index is 0.183. The Balaban J connectivity index is 1.74. The number of nitrogens with one attached hydrogen (secondary N) is 2. The topological polar surface area (TPSA) is 101 Å². The SMILES string of the molecule is CC(C)(C)OC(=O)NCC(=O)Nc1ccc(N=Nc2ccc(CCCCO[Si](C)(C)C(C)(C)C)cc2)cc1. The summed E-state index contributed by atoms with van der Waals surface area (Å²) in [5, 5.41) is 14.0. The number of rotatable bonds is 11. The molecule has 9 heteroatoms. The van der Waals surface area contributed by atoms with Crippen LogP contribution >= 0.6 is 0 Å². The van der Waals surface area contributed by atoms with Gasteiger partial charge in [-0.05, 0) is 100 Å². The number of benzene rings is 2. The van der Waals surface area contributed by atoms with Crippen molar-refractivity contribution in [3.63, 3.8) is 0 Å². The van der Waals surface area contributed by atoms with Gasteiger partial charge in [-0.15, -0.1) is 0 Å². The molecule has 8 nitrogen and oxygen atoms in total. The molecule has 0 fully saturated rings. The van der Waals surface area contributed by atoms with Gasteiger partial charge < -0.3 is 19.8 Å². The fourth-order valence-corrected chi connectivity index (χ4v) is 4.19. The van der Waals surface area contributed by atoms with E-state index in [-0.39, 0.29) is 17.5 Å². The van der Waals surface area contributed by atoms with Crippen LogP contribution in [0, 0.1) is 0 Å². The minimum Gasteiger partial charge on any atom is -0.444 e. The highest BCUT2D eigenvalue weighted by atomic mass is 28.4. The summed E-state index contributed by atoms with van der Waals surface area (Å²) < 4.78 is 11.4. The molecule has 2 amide bonds. The van der Waals surface area contributed by atoms with Gasteiger partial charge in [0, 0.05) is 12.3 Å². The molecule has 0 heterocycles. The number of anilines is 1. The lowest BCUT2D eigenvalue weighted by molar-refractivity contribution is -0.115. The molecule has 0 aliphatic rings. The molecule has 0 atom stereocenters. The number of azo groups is 1. The number of nitrogens with zero attached hydrogens (tertiary/aromatic N) is 2. The largest absolute Gasteiger partial charge is 0.444 e. The van der Waals surface area contributed by atoms with Gasteiger partial charge >= 0.3 is 6.09 Å². The van der Waals surface area contributed by atoms with E-state index in [1.807, 2.05) is 12.1 Å². The molecule has 0 radical (unpaired) electrons. The highest BCUT2D eigenvalue weighted by Crippen LogP contribution is 2.36. The Morgan fingerprint density at radius 2 is 1.39 bits per heavy atom. The summed E-state index contributed by atoms with van der Waals surface area (Å²) in [7, 11) is -1.66. The van der Waals surface area contributed by atoms with Crippen molar-refractivity contribution in [2.24, 2.45) is 10.2 Å². The van der Waals surface area contributed by atoms with E-state index in [2.05, 4.69) is 66.9 Å². The van der Waals surface area contributed by atoms with Crippen LogP contribution in [0.1, 0.15) is 59.9 Å². The summed E-state index contributed by atoms with van der Waals surface area (Å²) in [5.41, 5.74) is 2.70. The van der Waals surface area contributed by atoms with Crippen molar-refractivity contribution in [2.75, 3.05) is 18.5 Å². The lowest BCUT2D eigenvalue weighted by atomic mass is 10.1. The summed E-state index contributed by atoms with van der Waals surface area (Å²) in [6, 6.07) is 15.1. The summed E-state index contributed by atoms with van der Waals surface area (Å²) in [5.74, 6) is -0.353. The van der Waals surface area contributed by atoms with E-state index < -0.39 is 20.0 Å². The molecule has 0 aliphatic heterocycles. The summed E-state index contributed by atoms with van der Waals surface area (Å²) in [6.07, 6.45) is 2.53. The fraction of sp³-hybridized carbons (Fsp3) is 0.517. The number of amides is 2. The molecule has 38 heavy (non-hydrogen) atoms. The minimum atomic E-state index is -1.66. The number of ether oxygens (including phenoxy) is 1. The van der Waals surface area contributed by atoms with Crippen LogP contribution in [0.3, 0.4) is 0 Å². The molecule has 208 valence electrons. The molecule has 2 aromatic rings. The average molecular weight is 541 g/mol. The summed E-state index contributed by atoms with van der Waals surface area (Å²) in [6.45, 7) is 17.3. The first-order valence-corrected chi connectivity index (χ1v) is 16.1. The molecule has 0 saturated carbocycles. The van der Waals surface area contributed by atoms with Crippen molar-refractivity contribution in [3.8, 4) is 0 Å². The smallest absolute Gasteiger partial charge is 0.408 e. The monoisotopic (exact) mass is 540 g/mol. The van der Waals surface area contributed by atoms with Crippen LogP contribution < -0.4 is 10.6 Å². The van der Waals surface area contributed by atoms with Crippen LogP contribution in [0.4, 0.5) is 21.9 Å². The summed E-state index contributed by atoms with van der Waals surface area (Å²) >= 11 is 0. The van der Waals surface area contributed by atoms with Crippen LogP contribution in [-0.4, -0.2) is 39.1 Å². The van der Waals surface area contributed by atoms with Crippen molar-refractivity contribution >= 4 is 37.4 Å². The third-order valence-corrected chi connectivity index (χ3v) is 10.8. The van der Waals surface area contributed by atoms with E-state index in [1.165, 1.54) is 5.56 Å². The Bertz CT molecular complexity index is 1070. The fourth-order valence-electron chi connectivity index (χ4n) is 3.10. The van der Waals surface area contributed by atoms with E-state index in [4.69, 9.17) is 9.16 Å².